The lowest BCUT2D eigenvalue weighted by Crippen LogP contribution is -2.25. The molecule has 1 aliphatic rings. The number of nitrogens with one attached hydrogen (secondary N) is 1. The molecule has 0 saturated carbocycles. The van der Waals surface area contributed by atoms with Gasteiger partial charge in [-0.2, -0.15) is 0 Å². The molecule has 1 N–H and O–H groups in total. The van der Waals surface area contributed by atoms with Crippen LogP contribution in [0.1, 0.15) is 18.1 Å². The number of nitrogens with zero attached hydrogens (tertiary/aromatic N) is 4. The standard InChI is InChI=1S/C19H19N5/c1-14-9-16-6-2-3-7-17(16)24(14)19-10-18(22-13-23-19)21-12-15-5-4-8-20-11-15/h2-8,10-11,13-14H,9,12H2,1H3,(H,21,22,23). The minimum absolute atomic E-state index is 0.392. The van der Waals surface area contributed by atoms with Crippen LogP contribution in [-0.4, -0.2) is 21.0 Å². The van der Waals surface area contributed by atoms with E-state index in [-0.39, 0.29) is 0 Å². The maximum atomic E-state index is 4.49. The number of fused-ring (bicyclic) bond motifs is 1. The molecule has 4 rings (SSSR count). The molecule has 3 heterocycles. The third kappa shape index (κ3) is 2.80. The maximum Gasteiger partial charge on any atom is 0.138 e. The predicted molar refractivity (Wildman–Crippen MR) is 95.3 cm³/mol. The van der Waals surface area contributed by atoms with E-state index in [0.717, 1.165) is 23.6 Å². The largest absolute Gasteiger partial charge is 0.366 e. The smallest absolute Gasteiger partial charge is 0.138 e. The summed E-state index contributed by atoms with van der Waals surface area (Å²) in [5, 5.41) is 3.35. The molecule has 1 unspecified atom stereocenters. The monoisotopic (exact) mass is 317 g/mol. The summed E-state index contributed by atoms with van der Waals surface area (Å²) in [6, 6.07) is 14.9. The molecular formula is C19H19N5. The van der Waals surface area contributed by atoms with Crippen molar-refractivity contribution >= 4 is 17.3 Å². The quantitative estimate of drug-likeness (QED) is 0.797. The summed E-state index contributed by atoms with van der Waals surface area (Å²) >= 11 is 0. The van der Waals surface area contributed by atoms with Gasteiger partial charge in [-0.1, -0.05) is 24.3 Å². The fourth-order valence-corrected chi connectivity index (χ4v) is 3.19. The van der Waals surface area contributed by atoms with Gasteiger partial charge in [0.05, 0.1) is 0 Å². The molecule has 120 valence electrons. The molecule has 1 atom stereocenters. The highest BCUT2D eigenvalue weighted by Gasteiger charge is 2.27. The van der Waals surface area contributed by atoms with Crippen LogP contribution in [-0.2, 0) is 13.0 Å². The van der Waals surface area contributed by atoms with Gasteiger partial charge in [-0.15, -0.1) is 0 Å². The Kier molecular flexibility index (Phi) is 3.83. The summed E-state index contributed by atoms with van der Waals surface area (Å²) in [4.78, 5) is 15.2. The molecule has 24 heavy (non-hydrogen) atoms. The van der Waals surface area contributed by atoms with Gasteiger partial charge < -0.3 is 10.2 Å². The Morgan fingerprint density at radius 3 is 2.96 bits per heavy atom. The van der Waals surface area contributed by atoms with Crippen molar-refractivity contribution in [3.8, 4) is 0 Å². The molecule has 0 radical (unpaired) electrons. The van der Waals surface area contributed by atoms with Gasteiger partial charge in [0.2, 0.25) is 0 Å². The summed E-state index contributed by atoms with van der Waals surface area (Å²) in [7, 11) is 0. The summed E-state index contributed by atoms with van der Waals surface area (Å²) in [6.07, 6.45) is 6.29. The molecule has 2 aromatic heterocycles. The van der Waals surface area contributed by atoms with E-state index in [4.69, 9.17) is 0 Å². The van der Waals surface area contributed by atoms with E-state index in [1.54, 1.807) is 12.5 Å². The van der Waals surface area contributed by atoms with Crippen molar-refractivity contribution in [2.45, 2.75) is 25.9 Å². The fraction of sp³-hybridized carbons (Fsp3) is 0.211. The summed E-state index contributed by atoms with van der Waals surface area (Å²) < 4.78 is 0. The van der Waals surface area contributed by atoms with Gasteiger partial charge in [0.25, 0.3) is 0 Å². The lowest BCUT2D eigenvalue weighted by Gasteiger charge is -2.24. The molecule has 5 nitrogen and oxygen atoms in total. The number of para-hydroxylation sites is 1. The van der Waals surface area contributed by atoms with Crippen LogP contribution in [0.15, 0.2) is 61.2 Å². The van der Waals surface area contributed by atoms with Crippen LogP contribution in [0.3, 0.4) is 0 Å². The van der Waals surface area contributed by atoms with Gasteiger partial charge in [0.15, 0.2) is 0 Å². The van der Waals surface area contributed by atoms with Gasteiger partial charge in [-0.25, -0.2) is 9.97 Å². The van der Waals surface area contributed by atoms with E-state index in [2.05, 4.69) is 56.4 Å². The second-order valence-corrected chi connectivity index (χ2v) is 6.03. The number of hydrogen-bond donors (Lipinski definition) is 1. The molecule has 0 fully saturated rings. The van der Waals surface area contributed by atoms with Crippen molar-refractivity contribution < 1.29 is 0 Å². The Morgan fingerprint density at radius 1 is 1.17 bits per heavy atom. The number of anilines is 3. The van der Waals surface area contributed by atoms with E-state index in [1.165, 1.54) is 11.3 Å². The molecular weight excluding hydrogens is 298 g/mol. The van der Waals surface area contributed by atoms with Crippen molar-refractivity contribution in [3.05, 3.63) is 72.3 Å². The number of aromatic nitrogens is 3. The summed E-state index contributed by atoms with van der Waals surface area (Å²) in [5.74, 6) is 1.75. The lowest BCUT2D eigenvalue weighted by atomic mass is 10.1. The Hall–Kier alpha value is -2.95. The van der Waals surface area contributed by atoms with E-state index in [9.17, 15) is 0 Å². The molecule has 0 saturated heterocycles. The van der Waals surface area contributed by atoms with Crippen molar-refractivity contribution in [2.75, 3.05) is 10.2 Å². The highest BCUT2D eigenvalue weighted by atomic mass is 15.2. The molecule has 0 amide bonds. The van der Waals surface area contributed by atoms with E-state index in [1.807, 2.05) is 24.4 Å². The molecule has 1 aromatic carbocycles. The van der Waals surface area contributed by atoms with Crippen LogP contribution >= 0.6 is 0 Å². The summed E-state index contributed by atoms with van der Waals surface area (Å²) in [5.41, 5.74) is 3.73. The second kappa shape index (κ2) is 6.28. The Bertz CT molecular complexity index is 834. The third-order valence-electron chi connectivity index (χ3n) is 4.30. The molecule has 0 aliphatic carbocycles. The molecule has 5 heteroatoms. The first-order valence-electron chi connectivity index (χ1n) is 8.13. The van der Waals surface area contributed by atoms with Gasteiger partial charge >= 0.3 is 0 Å². The molecule has 1 aliphatic heterocycles. The highest BCUT2D eigenvalue weighted by Crippen LogP contribution is 2.37. The van der Waals surface area contributed by atoms with Gasteiger partial charge in [0.1, 0.15) is 18.0 Å². The van der Waals surface area contributed by atoms with Crippen LogP contribution in [0.25, 0.3) is 0 Å². The SMILES string of the molecule is CC1Cc2ccccc2N1c1cc(NCc2cccnc2)ncn1. The third-order valence-corrected chi connectivity index (χ3v) is 4.30. The predicted octanol–water partition coefficient (Wildman–Crippen LogP) is 3.57. The zero-order valence-electron chi connectivity index (χ0n) is 13.6. The topological polar surface area (TPSA) is 53.9 Å². The van der Waals surface area contributed by atoms with Gasteiger partial charge in [-0.3, -0.25) is 4.98 Å². The normalized spacial score (nSPS) is 16.0. The van der Waals surface area contributed by atoms with Crippen LogP contribution in [0.2, 0.25) is 0 Å². The summed E-state index contributed by atoms with van der Waals surface area (Å²) in [6.45, 7) is 2.92. The first-order chi connectivity index (χ1) is 11.8. The van der Waals surface area contributed by atoms with Crippen molar-refractivity contribution in [1.29, 1.82) is 0 Å². The number of rotatable bonds is 4. The molecule has 0 bridgehead atoms. The van der Waals surface area contributed by atoms with E-state index >= 15 is 0 Å². The lowest BCUT2D eigenvalue weighted by molar-refractivity contribution is 0.749. The van der Waals surface area contributed by atoms with Crippen LogP contribution < -0.4 is 10.2 Å². The van der Waals surface area contributed by atoms with Crippen LogP contribution in [0, 0.1) is 0 Å². The number of hydrogen-bond acceptors (Lipinski definition) is 5. The molecule has 3 aromatic rings. The average molecular weight is 317 g/mol. The van der Waals surface area contributed by atoms with Crippen molar-refractivity contribution in [1.82, 2.24) is 15.0 Å². The van der Waals surface area contributed by atoms with Gasteiger partial charge in [-0.05, 0) is 36.6 Å². The minimum Gasteiger partial charge on any atom is -0.366 e. The first-order valence-corrected chi connectivity index (χ1v) is 8.13. The Morgan fingerprint density at radius 2 is 2.08 bits per heavy atom. The zero-order chi connectivity index (χ0) is 16.4. The second-order valence-electron chi connectivity index (χ2n) is 6.03. The highest BCUT2D eigenvalue weighted by molar-refractivity contribution is 5.69. The molecule has 0 spiro atoms. The number of benzene rings is 1. The Labute approximate surface area is 141 Å². The minimum atomic E-state index is 0.392. The van der Waals surface area contributed by atoms with E-state index < -0.39 is 0 Å². The Balaban J connectivity index is 1.57. The van der Waals surface area contributed by atoms with Crippen molar-refractivity contribution in [3.63, 3.8) is 0 Å². The van der Waals surface area contributed by atoms with E-state index in [0.29, 0.717) is 12.6 Å². The van der Waals surface area contributed by atoms with Crippen molar-refractivity contribution in [2.24, 2.45) is 0 Å². The fourth-order valence-electron chi connectivity index (χ4n) is 3.19. The zero-order valence-corrected chi connectivity index (χ0v) is 13.6. The van der Waals surface area contributed by atoms with Crippen LogP contribution in [0.5, 0.6) is 0 Å². The van der Waals surface area contributed by atoms with Gasteiger partial charge in [0, 0.05) is 36.7 Å². The average Bonchev–Trinajstić information content (AvgIpc) is 2.97. The van der Waals surface area contributed by atoms with Crippen LogP contribution in [0.4, 0.5) is 17.3 Å². The first kappa shape index (κ1) is 14.6. The number of pyridine rings is 1. The maximum absolute atomic E-state index is 4.49.